The second-order valence-electron chi connectivity index (χ2n) is 9.51. The lowest BCUT2D eigenvalue weighted by Crippen LogP contribution is -2.47. The lowest BCUT2D eigenvalue weighted by atomic mass is 9.81. The molecule has 2 aliphatic rings. The summed E-state index contributed by atoms with van der Waals surface area (Å²) in [6.07, 6.45) is -1.23. The molecule has 0 spiro atoms. The maximum atomic E-state index is 12.9. The molecule has 6 nitrogen and oxygen atoms in total. The minimum atomic E-state index is -4.56. The van der Waals surface area contributed by atoms with E-state index in [1.165, 1.54) is 11.6 Å². The van der Waals surface area contributed by atoms with Crippen molar-refractivity contribution in [1.29, 1.82) is 0 Å². The average Bonchev–Trinajstić information content (AvgIpc) is 3.22. The van der Waals surface area contributed by atoms with Gasteiger partial charge in [0.25, 0.3) is 5.91 Å². The van der Waals surface area contributed by atoms with Crippen LogP contribution in [0.2, 0.25) is 5.02 Å². The van der Waals surface area contributed by atoms with Crippen LogP contribution >= 0.6 is 11.6 Å². The molecule has 1 aliphatic heterocycles. The summed E-state index contributed by atoms with van der Waals surface area (Å²) in [5, 5.41) is 16.3. The van der Waals surface area contributed by atoms with Gasteiger partial charge in [-0.15, -0.1) is 0 Å². The molecule has 2 unspecified atom stereocenters. The Morgan fingerprint density at radius 2 is 1.72 bits per heavy atom. The van der Waals surface area contributed by atoms with Crippen LogP contribution in [0.5, 0.6) is 0 Å². The molecule has 1 heterocycles. The Kier molecular flexibility index (Phi) is 8.22. The Balaban J connectivity index is 1.23. The quantitative estimate of drug-likeness (QED) is 0.535. The Morgan fingerprint density at radius 3 is 2.39 bits per heavy atom. The molecule has 1 aliphatic carbocycles. The topological polar surface area (TPSA) is 81.7 Å². The van der Waals surface area contributed by atoms with Crippen LogP contribution in [0, 0.1) is 0 Å². The number of β-amino-alcohol motifs (C(OH)–C–C–N with tert-alkyl or cyclic N) is 1. The highest BCUT2D eigenvalue weighted by molar-refractivity contribution is 6.30. The van der Waals surface area contributed by atoms with Gasteiger partial charge in [-0.05, 0) is 67.5 Å². The van der Waals surface area contributed by atoms with Crippen LogP contribution < -0.4 is 10.6 Å². The summed E-state index contributed by atoms with van der Waals surface area (Å²) >= 11 is 5.99. The number of aliphatic hydroxyl groups is 1. The van der Waals surface area contributed by atoms with Crippen LogP contribution in [0.1, 0.15) is 53.1 Å². The van der Waals surface area contributed by atoms with Gasteiger partial charge in [-0.1, -0.05) is 29.8 Å². The van der Waals surface area contributed by atoms with Gasteiger partial charge in [-0.2, -0.15) is 13.2 Å². The molecule has 36 heavy (non-hydrogen) atoms. The largest absolute Gasteiger partial charge is 0.416 e. The zero-order chi connectivity index (χ0) is 25.9. The summed E-state index contributed by atoms with van der Waals surface area (Å²) in [5.74, 6) is -0.794. The second-order valence-corrected chi connectivity index (χ2v) is 9.95. The second kappa shape index (κ2) is 11.2. The maximum absolute atomic E-state index is 12.9. The third-order valence-electron chi connectivity index (χ3n) is 7.08. The zero-order valence-electron chi connectivity index (χ0n) is 19.6. The highest BCUT2D eigenvalue weighted by Crippen LogP contribution is 2.36. The highest BCUT2D eigenvalue weighted by atomic mass is 35.5. The van der Waals surface area contributed by atoms with Crippen molar-refractivity contribution in [3.05, 3.63) is 70.2 Å². The Hall–Kier alpha value is -2.62. The number of carbonyl (C=O) groups is 2. The van der Waals surface area contributed by atoms with Crippen LogP contribution in [0.4, 0.5) is 13.2 Å². The van der Waals surface area contributed by atoms with E-state index >= 15 is 0 Å². The number of aliphatic hydroxyl groups excluding tert-OH is 1. The Morgan fingerprint density at radius 1 is 1.03 bits per heavy atom. The first-order valence-electron chi connectivity index (χ1n) is 12.0. The first-order chi connectivity index (χ1) is 17.1. The lowest BCUT2D eigenvalue weighted by molar-refractivity contribution is -0.137. The fraction of sp³-hybridized carbons (Fsp3) is 0.462. The third kappa shape index (κ3) is 6.57. The van der Waals surface area contributed by atoms with Crippen molar-refractivity contribution in [2.45, 2.75) is 56.0 Å². The van der Waals surface area contributed by atoms with Gasteiger partial charge >= 0.3 is 6.18 Å². The number of alkyl halides is 3. The molecule has 3 N–H and O–H groups in total. The summed E-state index contributed by atoms with van der Waals surface area (Å²) in [7, 11) is 0. The van der Waals surface area contributed by atoms with Crippen molar-refractivity contribution < 1.29 is 27.9 Å². The van der Waals surface area contributed by atoms with Gasteiger partial charge in [-0.25, -0.2) is 0 Å². The number of benzene rings is 2. The predicted octanol–water partition coefficient (Wildman–Crippen LogP) is 3.98. The van der Waals surface area contributed by atoms with Crippen LogP contribution in [-0.4, -0.2) is 59.6 Å². The molecule has 0 aromatic heterocycles. The molecule has 4 rings (SSSR count). The van der Waals surface area contributed by atoms with Crippen LogP contribution in [-0.2, 0) is 11.0 Å². The van der Waals surface area contributed by atoms with Crippen molar-refractivity contribution in [2.75, 3.05) is 19.6 Å². The van der Waals surface area contributed by atoms with Gasteiger partial charge in [0.15, 0.2) is 0 Å². The minimum Gasteiger partial charge on any atom is -0.390 e. The van der Waals surface area contributed by atoms with E-state index in [4.69, 9.17) is 11.6 Å². The first-order valence-corrected chi connectivity index (χ1v) is 12.4. The van der Waals surface area contributed by atoms with E-state index in [-0.39, 0.29) is 5.56 Å². The van der Waals surface area contributed by atoms with Crippen molar-refractivity contribution in [3.8, 4) is 0 Å². The van der Waals surface area contributed by atoms with Crippen molar-refractivity contribution in [3.63, 3.8) is 0 Å². The Bertz CT molecular complexity index is 1070. The average molecular weight is 524 g/mol. The standard InChI is InChI=1S/C26H29ClF3N3O3/c27-20-8-4-16(5-9-20)17-6-10-21(11-7-17)33-14-22(23(34)15-33)32-24(35)13-31-25(36)18-2-1-3-19(12-18)26(28,29)30/h1-5,8-9,12,17,21-23,34H,6-7,10-11,13-15H2,(H,31,36)(H,32,35). The number of likely N-dealkylation sites (tertiary alicyclic amines) is 1. The van der Waals surface area contributed by atoms with Gasteiger partial charge < -0.3 is 15.7 Å². The summed E-state index contributed by atoms with van der Waals surface area (Å²) in [4.78, 5) is 26.8. The number of rotatable bonds is 6. The van der Waals surface area contributed by atoms with Crippen molar-refractivity contribution >= 4 is 23.4 Å². The van der Waals surface area contributed by atoms with E-state index in [2.05, 4.69) is 27.7 Å². The van der Waals surface area contributed by atoms with Crippen LogP contribution in [0.3, 0.4) is 0 Å². The smallest absolute Gasteiger partial charge is 0.390 e. The SMILES string of the molecule is O=C(CNC(=O)c1cccc(C(F)(F)F)c1)NC1CN(C2CCC(c3ccc(Cl)cc3)CC2)CC1O. The first kappa shape index (κ1) is 26.4. The molecule has 10 heteroatoms. The number of halogens is 4. The summed E-state index contributed by atoms with van der Waals surface area (Å²) in [5.41, 5.74) is 0.173. The fourth-order valence-corrected chi connectivity index (χ4v) is 5.25. The molecule has 1 saturated heterocycles. The van der Waals surface area contributed by atoms with E-state index in [1.54, 1.807) is 0 Å². The maximum Gasteiger partial charge on any atom is 0.416 e. The molecule has 0 bridgehead atoms. The molecule has 1 saturated carbocycles. The monoisotopic (exact) mass is 523 g/mol. The molecule has 2 fully saturated rings. The summed E-state index contributed by atoms with van der Waals surface area (Å²) in [6.45, 7) is 0.563. The third-order valence-corrected chi connectivity index (χ3v) is 7.33. The molecule has 2 amide bonds. The van der Waals surface area contributed by atoms with Crippen molar-refractivity contribution in [1.82, 2.24) is 15.5 Å². The normalized spacial score (nSPS) is 24.9. The van der Waals surface area contributed by atoms with Gasteiger partial charge in [0.1, 0.15) is 0 Å². The summed E-state index contributed by atoms with van der Waals surface area (Å²) in [6, 6.07) is 11.8. The van der Waals surface area contributed by atoms with Gasteiger partial charge in [-0.3, -0.25) is 14.5 Å². The lowest BCUT2D eigenvalue weighted by Gasteiger charge is -2.34. The number of nitrogens with zero attached hydrogens (tertiary/aromatic N) is 1. The minimum absolute atomic E-state index is 0.182. The van der Waals surface area contributed by atoms with Crippen LogP contribution in [0.25, 0.3) is 0 Å². The molecular formula is C26H29ClF3N3O3. The van der Waals surface area contributed by atoms with E-state index in [9.17, 15) is 27.9 Å². The van der Waals surface area contributed by atoms with E-state index in [0.29, 0.717) is 25.0 Å². The van der Waals surface area contributed by atoms with Gasteiger partial charge in [0.05, 0.1) is 24.3 Å². The number of hydrogen-bond acceptors (Lipinski definition) is 4. The van der Waals surface area contributed by atoms with Gasteiger partial charge in [0, 0.05) is 29.7 Å². The fourth-order valence-electron chi connectivity index (χ4n) is 5.12. The molecule has 2 aromatic rings. The number of carbonyl (C=O) groups excluding carboxylic acids is 2. The molecule has 194 valence electrons. The number of nitrogens with one attached hydrogen (secondary N) is 2. The van der Waals surface area contributed by atoms with Crippen LogP contribution in [0.15, 0.2) is 48.5 Å². The molecular weight excluding hydrogens is 495 g/mol. The Labute approximate surface area is 212 Å². The van der Waals surface area contributed by atoms with Crippen molar-refractivity contribution in [2.24, 2.45) is 0 Å². The van der Waals surface area contributed by atoms with E-state index in [0.717, 1.165) is 48.9 Å². The van der Waals surface area contributed by atoms with Gasteiger partial charge in [0.2, 0.25) is 5.91 Å². The molecule has 2 aromatic carbocycles. The number of amides is 2. The highest BCUT2D eigenvalue weighted by Gasteiger charge is 2.37. The number of hydrogen-bond donors (Lipinski definition) is 3. The zero-order valence-corrected chi connectivity index (χ0v) is 20.4. The van der Waals surface area contributed by atoms with E-state index < -0.39 is 42.2 Å². The predicted molar refractivity (Wildman–Crippen MR) is 130 cm³/mol. The summed E-state index contributed by atoms with van der Waals surface area (Å²) < 4.78 is 38.6. The molecule has 0 radical (unpaired) electrons. The molecule has 2 atom stereocenters. The van der Waals surface area contributed by atoms with E-state index in [1.807, 2.05) is 12.1 Å².